The van der Waals surface area contributed by atoms with Crippen LogP contribution in [0.25, 0.3) is 16.8 Å². The minimum absolute atomic E-state index is 0.333. The smallest absolute Gasteiger partial charge is 0.333 e. The Morgan fingerprint density at radius 3 is 2.81 bits per heavy atom. The number of halogens is 4. The summed E-state index contributed by atoms with van der Waals surface area (Å²) in [6, 6.07) is 3.13. The Morgan fingerprint density at radius 2 is 2.15 bits per heavy atom. The second kappa shape index (κ2) is 6.89. The summed E-state index contributed by atoms with van der Waals surface area (Å²) in [5.41, 5.74) is 4.68. The summed E-state index contributed by atoms with van der Waals surface area (Å²) < 4.78 is 26.5. The first-order valence-corrected chi connectivity index (χ1v) is 9.10. The lowest BCUT2D eigenvalue weighted by molar-refractivity contribution is -0.133. The van der Waals surface area contributed by atoms with Gasteiger partial charge in [0.1, 0.15) is 6.61 Å². The van der Waals surface area contributed by atoms with Crippen molar-refractivity contribution in [3.63, 3.8) is 0 Å². The van der Waals surface area contributed by atoms with Gasteiger partial charge in [0.05, 0.1) is 15.7 Å². The van der Waals surface area contributed by atoms with Crippen LogP contribution in [0.5, 0.6) is 0 Å². The first-order chi connectivity index (χ1) is 12.9. The van der Waals surface area contributed by atoms with Gasteiger partial charge in [-0.05, 0) is 41.7 Å². The van der Waals surface area contributed by atoms with Crippen LogP contribution in [-0.4, -0.2) is 45.4 Å². The Hall–Kier alpha value is -1.96. The van der Waals surface area contributed by atoms with Crippen molar-refractivity contribution in [1.29, 1.82) is 0 Å². The molecule has 1 aromatic heterocycles. The Bertz CT molecular complexity index is 972. The Balaban J connectivity index is 1.84. The van der Waals surface area contributed by atoms with E-state index in [9.17, 15) is 13.6 Å². The van der Waals surface area contributed by atoms with Crippen LogP contribution in [0.1, 0.15) is 24.1 Å². The van der Waals surface area contributed by atoms with E-state index >= 15 is 0 Å². The number of benzene rings is 1. The number of rotatable bonds is 3. The number of aliphatic hydroxyl groups excluding tert-OH is 1. The van der Waals surface area contributed by atoms with Crippen molar-refractivity contribution < 1.29 is 18.7 Å². The normalized spacial score (nSPS) is 16.1. The molecule has 5 nitrogen and oxygen atoms in total. The molecule has 1 N–H and O–H groups in total. The van der Waals surface area contributed by atoms with Crippen molar-refractivity contribution in [2.24, 2.45) is 0 Å². The van der Waals surface area contributed by atoms with Gasteiger partial charge in [-0.2, -0.15) is 13.9 Å². The lowest BCUT2D eigenvalue weighted by Gasteiger charge is -2.28. The molecule has 9 heteroatoms. The van der Waals surface area contributed by atoms with E-state index in [1.165, 1.54) is 12.3 Å². The zero-order valence-electron chi connectivity index (χ0n) is 14.1. The summed E-state index contributed by atoms with van der Waals surface area (Å²) in [7, 11) is 0. The topological polar surface area (TPSA) is 58.4 Å². The average Bonchev–Trinajstić information content (AvgIpc) is 3.29. The first-order valence-electron chi connectivity index (χ1n) is 8.35. The molecule has 0 unspecified atom stereocenters. The molecule has 4 rings (SSSR count). The predicted octanol–water partition coefficient (Wildman–Crippen LogP) is 3.79. The summed E-state index contributed by atoms with van der Waals surface area (Å²) >= 11 is 12.7. The van der Waals surface area contributed by atoms with Gasteiger partial charge in [-0.25, -0.2) is 4.68 Å². The quantitative estimate of drug-likeness (QED) is 0.832. The summed E-state index contributed by atoms with van der Waals surface area (Å²) in [6.07, 6.45) is 2.48. The van der Waals surface area contributed by atoms with Gasteiger partial charge in [0.2, 0.25) is 5.91 Å². The molecule has 2 aromatic rings. The summed E-state index contributed by atoms with van der Waals surface area (Å²) in [4.78, 5) is 13.5. The average molecular weight is 414 g/mol. The minimum atomic E-state index is -2.74. The molecule has 1 aromatic carbocycles. The molecule has 0 spiro atoms. The van der Waals surface area contributed by atoms with E-state index in [0.29, 0.717) is 51.9 Å². The lowest BCUT2D eigenvalue weighted by atomic mass is 9.94. The zero-order valence-corrected chi connectivity index (χ0v) is 15.6. The van der Waals surface area contributed by atoms with Gasteiger partial charge in [0.25, 0.3) is 0 Å². The number of aliphatic hydroxyl groups is 1. The van der Waals surface area contributed by atoms with E-state index in [-0.39, 0.29) is 5.91 Å². The summed E-state index contributed by atoms with van der Waals surface area (Å²) in [6.45, 7) is -2.44. The third kappa shape index (κ3) is 3.03. The monoisotopic (exact) mass is 413 g/mol. The van der Waals surface area contributed by atoms with Crippen molar-refractivity contribution in [3.8, 4) is 11.3 Å². The molecule has 0 fully saturated rings. The third-order valence-corrected chi connectivity index (χ3v) is 5.87. The number of alkyl halides is 2. The van der Waals surface area contributed by atoms with Crippen LogP contribution in [0.15, 0.2) is 23.9 Å². The maximum atomic E-state index is 12.9. The number of aromatic nitrogens is 2. The highest BCUT2D eigenvalue weighted by atomic mass is 35.5. The molecule has 27 heavy (non-hydrogen) atoms. The van der Waals surface area contributed by atoms with Crippen LogP contribution in [0.2, 0.25) is 10.0 Å². The van der Waals surface area contributed by atoms with Crippen molar-refractivity contribution >= 4 is 34.7 Å². The zero-order chi connectivity index (χ0) is 19.3. The highest BCUT2D eigenvalue weighted by Gasteiger charge is 2.33. The van der Waals surface area contributed by atoms with Crippen molar-refractivity contribution in [3.05, 3.63) is 45.1 Å². The Morgan fingerprint density at radius 1 is 1.37 bits per heavy atom. The number of carbonyl (C=O) groups is 1. The number of hydrogen-bond donors (Lipinski definition) is 1. The van der Waals surface area contributed by atoms with Crippen molar-refractivity contribution in [1.82, 2.24) is 14.7 Å². The van der Waals surface area contributed by atoms with Crippen LogP contribution in [0, 0.1) is 0 Å². The first kappa shape index (κ1) is 18.4. The fraction of sp³-hybridized carbons (Fsp3) is 0.333. The predicted molar refractivity (Wildman–Crippen MR) is 97.8 cm³/mol. The van der Waals surface area contributed by atoms with Crippen LogP contribution in [0.4, 0.5) is 8.78 Å². The number of fused-ring (bicyclic) bond motifs is 2. The van der Waals surface area contributed by atoms with E-state index in [0.717, 1.165) is 22.3 Å². The van der Waals surface area contributed by atoms with E-state index in [1.54, 1.807) is 11.0 Å². The van der Waals surface area contributed by atoms with Gasteiger partial charge in [0, 0.05) is 24.8 Å². The van der Waals surface area contributed by atoms with Crippen LogP contribution in [0.3, 0.4) is 0 Å². The molecule has 2 heterocycles. The number of nitrogens with zero attached hydrogens (tertiary/aromatic N) is 3. The van der Waals surface area contributed by atoms with E-state index in [4.69, 9.17) is 28.3 Å². The molecule has 0 atom stereocenters. The standard InChI is InChI=1S/C18H15Cl2F2N3O2/c19-13-6-10(14-2-4-25(23-14)18(21)22)16-11(17(13)20)5-9-1-3-24(7-12(9)16)15(27)8-26/h2,4,6,18,26H,1,3,5,7-8H2. The molecule has 1 aliphatic heterocycles. The van der Waals surface area contributed by atoms with Crippen LogP contribution in [-0.2, 0) is 11.2 Å². The van der Waals surface area contributed by atoms with E-state index < -0.39 is 13.2 Å². The van der Waals surface area contributed by atoms with Crippen molar-refractivity contribution in [2.75, 3.05) is 19.7 Å². The van der Waals surface area contributed by atoms with Crippen LogP contribution >= 0.6 is 23.2 Å². The molecule has 0 bridgehead atoms. The van der Waals surface area contributed by atoms with Gasteiger partial charge < -0.3 is 10.0 Å². The SMILES string of the molecule is O=C(CO)N1CCC2=C(C1)c1c(-c3ccn(C(F)F)n3)cc(Cl)c(Cl)c1C2. The maximum Gasteiger partial charge on any atom is 0.333 e. The Kier molecular flexibility index (Phi) is 4.70. The molecule has 2 aliphatic rings. The molecule has 0 saturated heterocycles. The van der Waals surface area contributed by atoms with E-state index in [1.807, 2.05) is 0 Å². The highest BCUT2D eigenvalue weighted by molar-refractivity contribution is 6.43. The minimum Gasteiger partial charge on any atom is -0.387 e. The third-order valence-electron chi connectivity index (χ3n) is 5.04. The van der Waals surface area contributed by atoms with Gasteiger partial charge in [-0.1, -0.05) is 28.8 Å². The fourth-order valence-electron chi connectivity index (χ4n) is 3.76. The van der Waals surface area contributed by atoms with Crippen LogP contribution < -0.4 is 0 Å². The van der Waals surface area contributed by atoms with Gasteiger partial charge >= 0.3 is 6.55 Å². The highest BCUT2D eigenvalue weighted by Crippen LogP contribution is 2.47. The van der Waals surface area contributed by atoms with Crippen molar-refractivity contribution in [2.45, 2.75) is 19.4 Å². The van der Waals surface area contributed by atoms with Gasteiger partial charge in [0.15, 0.2) is 0 Å². The molecule has 1 amide bonds. The second-order valence-corrected chi connectivity index (χ2v) is 7.30. The maximum absolute atomic E-state index is 12.9. The van der Waals surface area contributed by atoms with Gasteiger partial charge in [-0.3, -0.25) is 4.79 Å². The molecule has 1 aliphatic carbocycles. The van der Waals surface area contributed by atoms with Gasteiger partial charge in [-0.15, -0.1) is 0 Å². The largest absolute Gasteiger partial charge is 0.387 e. The summed E-state index contributed by atoms with van der Waals surface area (Å²) in [5.74, 6) is -0.349. The lowest BCUT2D eigenvalue weighted by Crippen LogP contribution is -2.37. The second-order valence-electron chi connectivity index (χ2n) is 6.51. The molecular formula is C18H15Cl2F2N3O2. The number of hydrogen-bond acceptors (Lipinski definition) is 3. The number of carbonyl (C=O) groups excluding carboxylic acids is 1. The fourth-order valence-corrected chi connectivity index (χ4v) is 4.20. The molecule has 0 saturated carbocycles. The molecule has 142 valence electrons. The summed E-state index contributed by atoms with van der Waals surface area (Å²) in [5, 5.41) is 13.9. The molecular weight excluding hydrogens is 399 g/mol. The Labute approximate surface area is 163 Å². The molecule has 0 radical (unpaired) electrons. The van der Waals surface area contributed by atoms with E-state index in [2.05, 4.69) is 5.10 Å². The number of amides is 1.